The average Bonchev–Trinajstić information content (AvgIpc) is 3.37. The Balaban J connectivity index is 1.43. The Hall–Kier alpha value is -1.92. The van der Waals surface area contributed by atoms with Gasteiger partial charge >= 0.3 is 0 Å². The van der Waals surface area contributed by atoms with E-state index >= 15 is 0 Å². The molecule has 29 heavy (non-hydrogen) atoms. The summed E-state index contributed by atoms with van der Waals surface area (Å²) in [5.74, 6) is 1.28. The van der Waals surface area contributed by atoms with Crippen LogP contribution in [-0.4, -0.2) is 61.4 Å². The van der Waals surface area contributed by atoms with Crippen molar-refractivity contribution in [2.24, 2.45) is 5.92 Å². The van der Waals surface area contributed by atoms with Crippen molar-refractivity contribution < 1.29 is 9.59 Å². The van der Waals surface area contributed by atoms with E-state index in [2.05, 4.69) is 29.3 Å². The van der Waals surface area contributed by atoms with E-state index in [9.17, 15) is 9.59 Å². The Kier molecular flexibility index (Phi) is 6.20. The zero-order valence-electron chi connectivity index (χ0n) is 17.4. The molecule has 0 unspecified atom stereocenters. The molecule has 2 aromatic rings. The van der Waals surface area contributed by atoms with E-state index in [-0.39, 0.29) is 17.7 Å². The summed E-state index contributed by atoms with van der Waals surface area (Å²) >= 11 is 1.56. The van der Waals surface area contributed by atoms with Crippen molar-refractivity contribution in [3.05, 3.63) is 34.7 Å². The van der Waals surface area contributed by atoms with Gasteiger partial charge in [-0.15, -0.1) is 11.3 Å². The van der Waals surface area contributed by atoms with Gasteiger partial charge in [0, 0.05) is 43.7 Å². The van der Waals surface area contributed by atoms with Crippen LogP contribution in [0.4, 0.5) is 0 Å². The Morgan fingerprint density at radius 3 is 2.66 bits per heavy atom. The molecule has 0 spiro atoms. The van der Waals surface area contributed by atoms with Gasteiger partial charge in [-0.05, 0) is 55.3 Å². The third-order valence-electron chi connectivity index (χ3n) is 6.53. The smallest absolute Gasteiger partial charge is 0.261 e. The molecule has 1 aromatic carbocycles. The van der Waals surface area contributed by atoms with Crippen molar-refractivity contribution in [3.63, 3.8) is 0 Å². The first-order valence-corrected chi connectivity index (χ1v) is 11.6. The molecule has 1 atom stereocenters. The van der Waals surface area contributed by atoms with E-state index in [1.54, 1.807) is 18.4 Å². The van der Waals surface area contributed by atoms with Crippen LogP contribution in [0.1, 0.15) is 53.8 Å². The number of likely N-dealkylation sites (tertiary alicyclic amines) is 2. The van der Waals surface area contributed by atoms with Crippen LogP contribution in [0.5, 0.6) is 0 Å². The maximum atomic E-state index is 12.8. The summed E-state index contributed by atoms with van der Waals surface area (Å²) in [7, 11) is 1.68. The lowest BCUT2D eigenvalue weighted by Crippen LogP contribution is -2.37. The summed E-state index contributed by atoms with van der Waals surface area (Å²) < 4.78 is 1.14. The molecule has 2 saturated heterocycles. The van der Waals surface area contributed by atoms with Gasteiger partial charge in [0.05, 0.1) is 4.88 Å². The zero-order valence-corrected chi connectivity index (χ0v) is 18.3. The molecule has 1 N–H and O–H groups in total. The molecule has 3 heterocycles. The topological polar surface area (TPSA) is 52.7 Å². The summed E-state index contributed by atoms with van der Waals surface area (Å²) in [4.78, 5) is 30.6. The maximum absolute atomic E-state index is 12.8. The van der Waals surface area contributed by atoms with Gasteiger partial charge in [-0.25, -0.2) is 0 Å². The number of amides is 2. The van der Waals surface area contributed by atoms with Crippen molar-refractivity contribution in [2.45, 2.75) is 38.5 Å². The SMILES string of the molecule is CNC(=O)c1sc2ccccc2c1[C@H]1CCN(C(=O)CCN2CCC(C)CC2)C1. The molecule has 2 aliphatic rings. The molecule has 0 aliphatic carbocycles. The summed E-state index contributed by atoms with van der Waals surface area (Å²) in [6, 6.07) is 8.23. The van der Waals surface area contributed by atoms with Crippen molar-refractivity contribution in [2.75, 3.05) is 39.8 Å². The number of thiophene rings is 1. The minimum absolute atomic E-state index is 0.0229. The monoisotopic (exact) mass is 413 g/mol. The fraction of sp³-hybridized carbons (Fsp3) is 0.565. The minimum atomic E-state index is -0.0229. The largest absolute Gasteiger partial charge is 0.354 e. The minimum Gasteiger partial charge on any atom is -0.354 e. The first-order chi connectivity index (χ1) is 14.1. The fourth-order valence-electron chi connectivity index (χ4n) is 4.67. The van der Waals surface area contributed by atoms with Crippen molar-refractivity contribution in [1.82, 2.24) is 15.1 Å². The average molecular weight is 414 g/mol. The highest BCUT2D eigenvalue weighted by Gasteiger charge is 2.32. The van der Waals surface area contributed by atoms with Crippen molar-refractivity contribution >= 4 is 33.2 Å². The molecule has 2 aliphatic heterocycles. The van der Waals surface area contributed by atoms with Gasteiger partial charge in [0.15, 0.2) is 0 Å². The van der Waals surface area contributed by atoms with Crippen LogP contribution in [0.2, 0.25) is 0 Å². The number of carbonyl (C=O) groups excluding carboxylic acids is 2. The Bertz CT molecular complexity index is 885. The molecule has 4 rings (SSSR count). The molecule has 156 valence electrons. The third kappa shape index (κ3) is 4.33. The van der Waals surface area contributed by atoms with Crippen LogP contribution >= 0.6 is 11.3 Å². The van der Waals surface area contributed by atoms with Crippen LogP contribution in [0, 0.1) is 5.92 Å². The van der Waals surface area contributed by atoms with Crippen molar-refractivity contribution in [3.8, 4) is 0 Å². The third-order valence-corrected chi connectivity index (χ3v) is 7.72. The molecular formula is C23H31N3O2S. The molecule has 1 aromatic heterocycles. The van der Waals surface area contributed by atoms with Gasteiger partial charge in [-0.2, -0.15) is 0 Å². The molecule has 2 amide bonds. The van der Waals surface area contributed by atoms with E-state index < -0.39 is 0 Å². The van der Waals surface area contributed by atoms with Gasteiger partial charge in [-0.3, -0.25) is 9.59 Å². The first kappa shape index (κ1) is 20.4. The molecule has 0 bridgehead atoms. The molecule has 2 fully saturated rings. The normalized spacial score (nSPS) is 21.0. The number of nitrogens with one attached hydrogen (secondary N) is 1. The van der Waals surface area contributed by atoms with Gasteiger partial charge in [0.1, 0.15) is 0 Å². The highest BCUT2D eigenvalue weighted by atomic mass is 32.1. The summed E-state index contributed by atoms with van der Waals surface area (Å²) in [5.41, 5.74) is 1.13. The van der Waals surface area contributed by atoms with Crippen LogP contribution < -0.4 is 5.32 Å². The number of rotatable bonds is 5. The molecule has 5 nitrogen and oxygen atoms in total. The van der Waals surface area contributed by atoms with E-state index in [0.717, 1.165) is 65.6 Å². The number of hydrogen-bond acceptors (Lipinski definition) is 4. The maximum Gasteiger partial charge on any atom is 0.261 e. The summed E-state index contributed by atoms with van der Waals surface area (Å²) in [6.45, 7) is 6.94. The number of nitrogens with zero attached hydrogens (tertiary/aromatic N) is 2. The first-order valence-electron chi connectivity index (χ1n) is 10.8. The Morgan fingerprint density at radius 2 is 1.90 bits per heavy atom. The van der Waals surface area contributed by atoms with E-state index in [4.69, 9.17) is 0 Å². The Morgan fingerprint density at radius 1 is 1.14 bits per heavy atom. The quantitative estimate of drug-likeness (QED) is 0.813. The van der Waals surface area contributed by atoms with E-state index in [1.165, 1.54) is 12.8 Å². The van der Waals surface area contributed by atoms with Crippen LogP contribution in [0.15, 0.2) is 24.3 Å². The number of piperidine rings is 1. The number of hydrogen-bond donors (Lipinski definition) is 1. The lowest BCUT2D eigenvalue weighted by molar-refractivity contribution is -0.130. The second kappa shape index (κ2) is 8.84. The molecular weight excluding hydrogens is 382 g/mol. The molecule has 0 saturated carbocycles. The van der Waals surface area contributed by atoms with E-state index in [1.807, 2.05) is 17.0 Å². The lowest BCUT2D eigenvalue weighted by atomic mass is 9.95. The fourth-order valence-corrected chi connectivity index (χ4v) is 5.91. The van der Waals surface area contributed by atoms with Gasteiger partial charge in [0.2, 0.25) is 5.91 Å². The van der Waals surface area contributed by atoms with Crippen LogP contribution in [0.25, 0.3) is 10.1 Å². The standard InChI is InChI=1S/C23H31N3O2S/c1-16-7-11-25(12-8-16)13-10-20(27)26-14-9-17(15-26)21-18-5-3-4-6-19(18)29-22(21)23(28)24-2/h3-6,16-17H,7-15H2,1-2H3,(H,24,28)/t17-/m0/s1. The van der Waals surface area contributed by atoms with Gasteiger partial charge < -0.3 is 15.1 Å². The molecule has 0 radical (unpaired) electrons. The number of benzene rings is 1. The lowest BCUT2D eigenvalue weighted by Gasteiger charge is -2.30. The summed E-state index contributed by atoms with van der Waals surface area (Å²) in [5, 5.41) is 3.95. The van der Waals surface area contributed by atoms with Crippen LogP contribution in [-0.2, 0) is 4.79 Å². The summed E-state index contributed by atoms with van der Waals surface area (Å²) in [6.07, 6.45) is 4.02. The second-order valence-electron chi connectivity index (χ2n) is 8.52. The predicted octanol–water partition coefficient (Wildman–Crippen LogP) is 3.70. The van der Waals surface area contributed by atoms with Crippen LogP contribution in [0.3, 0.4) is 0 Å². The predicted molar refractivity (Wildman–Crippen MR) is 119 cm³/mol. The highest BCUT2D eigenvalue weighted by Crippen LogP contribution is 2.40. The second-order valence-corrected chi connectivity index (χ2v) is 9.57. The molecule has 6 heteroatoms. The van der Waals surface area contributed by atoms with Gasteiger partial charge in [0.25, 0.3) is 5.91 Å². The Labute approximate surface area is 177 Å². The number of carbonyl (C=O) groups is 2. The van der Waals surface area contributed by atoms with Crippen molar-refractivity contribution in [1.29, 1.82) is 0 Å². The van der Waals surface area contributed by atoms with Gasteiger partial charge in [-0.1, -0.05) is 25.1 Å². The van der Waals surface area contributed by atoms with E-state index in [0.29, 0.717) is 6.42 Å². The zero-order chi connectivity index (χ0) is 20.4. The highest BCUT2D eigenvalue weighted by molar-refractivity contribution is 7.21. The number of fused-ring (bicyclic) bond motifs is 1.